The Kier molecular flexibility index (Phi) is 6.32. The average molecular weight is 451 g/mol. The Balaban J connectivity index is 1.36. The lowest BCUT2D eigenvalue weighted by molar-refractivity contribution is -0.147. The SMILES string of the molecule is COc1cccc(C(=O)COC(=O)[C@H]2CC(=O)N(c3nc(-c4ccc(C)cc4)cs3)C2)c1. The van der Waals surface area contributed by atoms with Crippen molar-refractivity contribution < 1.29 is 23.9 Å². The Bertz CT molecular complexity index is 1160. The third-order valence-electron chi connectivity index (χ3n) is 5.27. The van der Waals surface area contributed by atoms with Crippen molar-refractivity contribution >= 4 is 34.1 Å². The molecule has 0 unspecified atom stereocenters. The molecule has 0 aliphatic carbocycles. The normalized spacial score (nSPS) is 15.6. The lowest BCUT2D eigenvalue weighted by Crippen LogP contribution is -2.27. The number of ether oxygens (including phenoxy) is 2. The van der Waals surface area contributed by atoms with Crippen LogP contribution >= 0.6 is 11.3 Å². The van der Waals surface area contributed by atoms with Crippen LogP contribution in [0.4, 0.5) is 5.13 Å². The Morgan fingerprint density at radius 1 is 1.19 bits per heavy atom. The zero-order chi connectivity index (χ0) is 22.7. The van der Waals surface area contributed by atoms with Crippen LogP contribution in [-0.2, 0) is 14.3 Å². The number of ketones is 1. The van der Waals surface area contributed by atoms with Gasteiger partial charge in [0.1, 0.15) is 5.75 Å². The molecule has 0 spiro atoms. The van der Waals surface area contributed by atoms with Crippen molar-refractivity contribution in [1.29, 1.82) is 0 Å². The number of hydrogen-bond donors (Lipinski definition) is 0. The topological polar surface area (TPSA) is 85.8 Å². The highest BCUT2D eigenvalue weighted by Gasteiger charge is 2.37. The highest BCUT2D eigenvalue weighted by molar-refractivity contribution is 7.14. The van der Waals surface area contributed by atoms with Gasteiger partial charge in [-0.25, -0.2) is 4.98 Å². The number of aryl methyl sites for hydroxylation is 1. The predicted octanol–water partition coefficient (Wildman–Crippen LogP) is 3.91. The fourth-order valence-electron chi connectivity index (χ4n) is 3.43. The first-order valence-electron chi connectivity index (χ1n) is 10.1. The van der Waals surface area contributed by atoms with E-state index in [4.69, 9.17) is 9.47 Å². The van der Waals surface area contributed by atoms with Gasteiger partial charge in [0.05, 0.1) is 18.7 Å². The summed E-state index contributed by atoms with van der Waals surface area (Å²) in [6, 6.07) is 14.6. The van der Waals surface area contributed by atoms with Gasteiger partial charge in [-0.15, -0.1) is 11.3 Å². The number of carbonyl (C=O) groups excluding carboxylic acids is 3. The van der Waals surface area contributed by atoms with E-state index in [0.29, 0.717) is 16.4 Å². The monoisotopic (exact) mass is 450 g/mol. The van der Waals surface area contributed by atoms with Crippen molar-refractivity contribution in [2.75, 3.05) is 25.2 Å². The molecule has 0 saturated carbocycles. The number of carbonyl (C=O) groups is 3. The zero-order valence-electron chi connectivity index (χ0n) is 17.7. The molecule has 4 rings (SSSR count). The molecule has 8 heteroatoms. The summed E-state index contributed by atoms with van der Waals surface area (Å²) in [5.41, 5.74) is 3.31. The first-order chi connectivity index (χ1) is 15.4. The van der Waals surface area contributed by atoms with Crippen LogP contribution in [0.5, 0.6) is 5.75 Å². The summed E-state index contributed by atoms with van der Waals surface area (Å²) in [6.07, 6.45) is 0.0334. The number of benzene rings is 2. The van der Waals surface area contributed by atoms with Gasteiger partial charge in [0.25, 0.3) is 0 Å². The van der Waals surface area contributed by atoms with Crippen LogP contribution in [0.25, 0.3) is 11.3 Å². The van der Waals surface area contributed by atoms with Gasteiger partial charge in [-0.3, -0.25) is 19.3 Å². The molecule has 7 nitrogen and oxygen atoms in total. The van der Waals surface area contributed by atoms with E-state index in [1.54, 1.807) is 24.3 Å². The summed E-state index contributed by atoms with van der Waals surface area (Å²) in [5.74, 6) is -1.16. The first-order valence-corrected chi connectivity index (χ1v) is 11.0. The van der Waals surface area contributed by atoms with Gasteiger partial charge >= 0.3 is 5.97 Å². The standard InChI is InChI=1S/C24H22N2O5S/c1-15-6-8-16(9-7-15)20-14-32-24(25-20)26-12-18(11-22(26)28)23(29)31-13-21(27)17-4-3-5-19(10-17)30-2/h3-10,14,18H,11-13H2,1-2H3/t18-/m0/s1. The van der Waals surface area contributed by atoms with E-state index >= 15 is 0 Å². The molecule has 3 aromatic rings. The van der Waals surface area contributed by atoms with E-state index in [-0.39, 0.29) is 31.3 Å². The third kappa shape index (κ3) is 4.70. The van der Waals surface area contributed by atoms with Crippen LogP contribution in [0.3, 0.4) is 0 Å². The molecule has 0 N–H and O–H groups in total. The van der Waals surface area contributed by atoms with E-state index in [1.807, 2.05) is 36.6 Å². The first kappa shape index (κ1) is 21.7. The minimum atomic E-state index is -0.632. The highest BCUT2D eigenvalue weighted by atomic mass is 32.1. The summed E-state index contributed by atoms with van der Waals surface area (Å²) in [6.45, 7) is 1.82. The third-order valence-corrected chi connectivity index (χ3v) is 6.13. The molecule has 0 bridgehead atoms. The number of Topliss-reactive ketones (excluding diaryl/α,β-unsaturated/α-hetero) is 1. The number of hydrogen-bond acceptors (Lipinski definition) is 7. The molecule has 2 aromatic carbocycles. The van der Waals surface area contributed by atoms with Crippen molar-refractivity contribution in [3.8, 4) is 17.0 Å². The fraction of sp³-hybridized carbons (Fsp3) is 0.250. The van der Waals surface area contributed by atoms with Crippen LogP contribution in [0.15, 0.2) is 53.9 Å². The number of aromatic nitrogens is 1. The quantitative estimate of drug-likeness (QED) is 0.401. The van der Waals surface area contributed by atoms with Crippen molar-refractivity contribution in [1.82, 2.24) is 4.98 Å². The molecule has 1 atom stereocenters. The van der Waals surface area contributed by atoms with E-state index in [2.05, 4.69) is 4.98 Å². The zero-order valence-corrected chi connectivity index (χ0v) is 18.6. The van der Waals surface area contributed by atoms with Crippen LogP contribution in [0.2, 0.25) is 0 Å². The Labute approximate surface area is 189 Å². The molecular weight excluding hydrogens is 428 g/mol. The molecule has 1 saturated heterocycles. The van der Waals surface area contributed by atoms with E-state index in [0.717, 1.165) is 16.8 Å². The number of amides is 1. The van der Waals surface area contributed by atoms with Gasteiger partial charge < -0.3 is 9.47 Å². The Hall–Kier alpha value is -3.52. The van der Waals surface area contributed by atoms with Crippen molar-refractivity contribution in [2.45, 2.75) is 13.3 Å². The van der Waals surface area contributed by atoms with Crippen LogP contribution in [0.1, 0.15) is 22.3 Å². The summed E-state index contributed by atoms with van der Waals surface area (Å²) in [7, 11) is 1.51. The number of nitrogens with zero attached hydrogens (tertiary/aromatic N) is 2. The molecular formula is C24H22N2O5S. The van der Waals surface area contributed by atoms with Crippen molar-refractivity contribution in [3.05, 3.63) is 65.0 Å². The molecule has 1 amide bonds. The summed E-state index contributed by atoms with van der Waals surface area (Å²) in [5, 5.41) is 2.44. The number of esters is 1. The van der Waals surface area contributed by atoms with E-state index in [1.165, 1.54) is 23.3 Å². The number of methoxy groups -OCH3 is 1. The molecule has 1 fully saturated rings. The molecule has 1 aliphatic rings. The van der Waals surface area contributed by atoms with Gasteiger partial charge in [-0.1, -0.05) is 42.0 Å². The van der Waals surface area contributed by atoms with E-state index < -0.39 is 11.9 Å². The van der Waals surface area contributed by atoms with Crippen molar-refractivity contribution in [3.63, 3.8) is 0 Å². The second kappa shape index (κ2) is 9.32. The maximum Gasteiger partial charge on any atom is 0.311 e. The Morgan fingerprint density at radius 2 is 1.97 bits per heavy atom. The average Bonchev–Trinajstić information content (AvgIpc) is 3.44. The number of rotatable bonds is 7. The Morgan fingerprint density at radius 3 is 2.72 bits per heavy atom. The molecule has 32 heavy (non-hydrogen) atoms. The lowest BCUT2D eigenvalue weighted by atomic mass is 10.1. The fourth-order valence-corrected chi connectivity index (χ4v) is 4.29. The largest absolute Gasteiger partial charge is 0.497 e. The van der Waals surface area contributed by atoms with Gasteiger partial charge in [0.15, 0.2) is 17.5 Å². The van der Waals surface area contributed by atoms with Crippen molar-refractivity contribution in [2.24, 2.45) is 5.92 Å². The van der Waals surface area contributed by atoms with Crippen LogP contribution in [-0.4, -0.2) is 42.9 Å². The number of thiazole rings is 1. The van der Waals surface area contributed by atoms with Gasteiger partial charge in [-0.05, 0) is 19.1 Å². The lowest BCUT2D eigenvalue weighted by Gasteiger charge is -2.13. The number of anilines is 1. The highest BCUT2D eigenvalue weighted by Crippen LogP contribution is 2.32. The van der Waals surface area contributed by atoms with Gasteiger partial charge in [-0.2, -0.15) is 0 Å². The summed E-state index contributed by atoms with van der Waals surface area (Å²) < 4.78 is 10.3. The smallest absolute Gasteiger partial charge is 0.311 e. The maximum atomic E-state index is 12.5. The maximum absolute atomic E-state index is 12.5. The van der Waals surface area contributed by atoms with Crippen LogP contribution in [0, 0.1) is 12.8 Å². The summed E-state index contributed by atoms with van der Waals surface area (Å²) in [4.78, 5) is 43.4. The summed E-state index contributed by atoms with van der Waals surface area (Å²) >= 11 is 1.36. The van der Waals surface area contributed by atoms with Gasteiger partial charge in [0.2, 0.25) is 5.91 Å². The molecule has 2 heterocycles. The van der Waals surface area contributed by atoms with Crippen LogP contribution < -0.4 is 9.64 Å². The second-order valence-corrected chi connectivity index (χ2v) is 8.39. The van der Waals surface area contributed by atoms with Gasteiger partial charge in [0, 0.05) is 29.5 Å². The molecule has 1 aliphatic heterocycles. The molecule has 0 radical (unpaired) electrons. The van der Waals surface area contributed by atoms with E-state index in [9.17, 15) is 14.4 Å². The minimum Gasteiger partial charge on any atom is -0.497 e. The predicted molar refractivity (Wildman–Crippen MR) is 121 cm³/mol. The molecule has 164 valence electrons. The minimum absolute atomic E-state index is 0.0334. The second-order valence-electron chi connectivity index (χ2n) is 7.55. The molecule has 1 aromatic heterocycles.